The first kappa shape index (κ1) is 23.2. The van der Waals surface area contributed by atoms with Gasteiger partial charge in [-0.05, 0) is 57.1 Å². The van der Waals surface area contributed by atoms with E-state index in [1.165, 1.54) is 5.56 Å². The summed E-state index contributed by atoms with van der Waals surface area (Å²) in [5, 5.41) is 10.2. The second-order valence-corrected chi connectivity index (χ2v) is 8.58. The van der Waals surface area contributed by atoms with Crippen LogP contribution in [0.1, 0.15) is 63.4 Å². The molecule has 30 heavy (non-hydrogen) atoms. The average Bonchev–Trinajstić information content (AvgIpc) is 3.56. The third-order valence-corrected chi connectivity index (χ3v) is 6.21. The van der Waals surface area contributed by atoms with Crippen molar-refractivity contribution in [1.82, 2.24) is 16.0 Å². The van der Waals surface area contributed by atoms with Crippen LogP contribution in [0, 0.1) is 5.92 Å². The van der Waals surface area contributed by atoms with E-state index in [0.29, 0.717) is 18.0 Å². The lowest BCUT2D eigenvalue weighted by atomic mass is 9.85. The first-order valence-corrected chi connectivity index (χ1v) is 11.3. The maximum Gasteiger partial charge on any atom is 0.223 e. The number of aliphatic imine (C=N–C) groups is 1. The Labute approximate surface area is 197 Å². The second kappa shape index (κ2) is 11.2. The molecule has 0 saturated heterocycles. The van der Waals surface area contributed by atoms with Crippen molar-refractivity contribution in [3.63, 3.8) is 0 Å². The van der Waals surface area contributed by atoms with E-state index in [0.717, 1.165) is 76.4 Å². The molecule has 166 valence electrons. The summed E-state index contributed by atoms with van der Waals surface area (Å²) in [6.45, 7) is 4.41. The number of hydrogen-bond donors (Lipinski definition) is 3. The van der Waals surface area contributed by atoms with Crippen molar-refractivity contribution >= 4 is 35.8 Å². The van der Waals surface area contributed by atoms with Crippen molar-refractivity contribution in [3.05, 3.63) is 29.8 Å². The number of amides is 1. The monoisotopic (exact) mass is 526 g/mol. The summed E-state index contributed by atoms with van der Waals surface area (Å²) < 4.78 is 5.78. The van der Waals surface area contributed by atoms with Gasteiger partial charge in [0, 0.05) is 37.0 Å². The van der Waals surface area contributed by atoms with E-state index in [4.69, 9.17) is 9.73 Å². The number of halogens is 1. The van der Waals surface area contributed by atoms with Crippen LogP contribution in [0.15, 0.2) is 29.3 Å². The Morgan fingerprint density at radius 3 is 2.73 bits per heavy atom. The third kappa shape index (κ3) is 6.25. The molecule has 0 aromatic heterocycles. The SMILES string of the molecule is CCNC(=NCC1CCOc2ccccc21)NC1CCCC(C(=O)NC2CC2)C1.I. The number of fused-ring (bicyclic) bond motifs is 1. The van der Waals surface area contributed by atoms with Gasteiger partial charge in [0.25, 0.3) is 0 Å². The van der Waals surface area contributed by atoms with E-state index in [1.807, 2.05) is 12.1 Å². The highest BCUT2D eigenvalue weighted by molar-refractivity contribution is 14.0. The number of nitrogens with zero attached hydrogens (tertiary/aromatic N) is 1. The van der Waals surface area contributed by atoms with Crippen LogP contribution < -0.4 is 20.7 Å². The Kier molecular flexibility index (Phi) is 8.65. The molecule has 3 N–H and O–H groups in total. The number of ether oxygens (including phenoxy) is 1. The first-order valence-electron chi connectivity index (χ1n) is 11.3. The second-order valence-electron chi connectivity index (χ2n) is 8.58. The zero-order chi connectivity index (χ0) is 20.1. The maximum atomic E-state index is 12.5. The number of rotatable bonds is 6. The van der Waals surface area contributed by atoms with Crippen molar-refractivity contribution in [3.8, 4) is 5.75 Å². The van der Waals surface area contributed by atoms with E-state index in [-0.39, 0.29) is 35.8 Å². The molecular weight excluding hydrogens is 491 g/mol. The van der Waals surface area contributed by atoms with Crippen LogP contribution in [0.4, 0.5) is 0 Å². The summed E-state index contributed by atoms with van der Waals surface area (Å²) in [6.07, 6.45) is 7.36. The molecule has 1 aliphatic heterocycles. The van der Waals surface area contributed by atoms with Crippen LogP contribution in [0.5, 0.6) is 5.75 Å². The van der Waals surface area contributed by atoms with Gasteiger partial charge in [-0.1, -0.05) is 24.6 Å². The van der Waals surface area contributed by atoms with Gasteiger partial charge in [0.05, 0.1) is 6.61 Å². The molecule has 2 aliphatic carbocycles. The van der Waals surface area contributed by atoms with Gasteiger partial charge in [0.2, 0.25) is 5.91 Å². The Morgan fingerprint density at radius 1 is 1.10 bits per heavy atom. The molecule has 4 rings (SSSR count). The molecule has 1 amide bonds. The van der Waals surface area contributed by atoms with Crippen molar-refractivity contribution in [2.24, 2.45) is 10.9 Å². The Hall–Kier alpha value is -1.51. The number of carbonyl (C=O) groups excluding carboxylic acids is 1. The summed E-state index contributed by atoms with van der Waals surface area (Å²) in [6, 6.07) is 9.04. The Balaban J connectivity index is 0.00000256. The van der Waals surface area contributed by atoms with Crippen molar-refractivity contribution in [2.45, 2.75) is 69.9 Å². The fraction of sp³-hybridized carbons (Fsp3) is 0.652. The van der Waals surface area contributed by atoms with Gasteiger partial charge in [0.1, 0.15) is 5.75 Å². The van der Waals surface area contributed by atoms with Crippen LogP contribution in [0.3, 0.4) is 0 Å². The summed E-state index contributed by atoms with van der Waals surface area (Å²) in [7, 11) is 0. The van der Waals surface area contributed by atoms with E-state index in [2.05, 4.69) is 35.0 Å². The molecule has 7 heteroatoms. The van der Waals surface area contributed by atoms with Crippen LogP contribution in [-0.2, 0) is 4.79 Å². The molecule has 3 unspecified atom stereocenters. The molecule has 1 heterocycles. The fourth-order valence-corrected chi connectivity index (χ4v) is 4.43. The molecule has 2 fully saturated rings. The number of nitrogens with one attached hydrogen (secondary N) is 3. The van der Waals surface area contributed by atoms with Crippen LogP contribution in [0.25, 0.3) is 0 Å². The quantitative estimate of drug-likeness (QED) is 0.301. The van der Waals surface area contributed by atoms with Crippen LogP contribution >= 0.6 is 24.0 Å². The highest BCUT2D eigenvalue weighted by Gasteiger charge is 2.31. The Bertz CT molecular complexity index is 738. The summed E-state index contributed by atoms with van der Waals surface area (Å²) in [4.78, 5) is 17.4. The lowest BCUT2D eigenvalue weighted by Crippen LogP contribution is -2.47. The summed E-state index contributed by atoms with van der Waals surface area (Å²) in [5.74, 6) is 2.63. The lowest BCUT2D eigenvalue weighted by Gasteiger charge is -2.30. The van der Waals surface area contributed by atoms with Gasteiger partial charge >= 0.3 is 0 Å². The Morgan fingerprint density at radius 2 is 1.93 bits per heavy atom. The van der Waals surface area contributed by atoms with Crippen molar-refractivity contribution < 1.29 is 9.53 Å². The van der Waals surface area contributed by atoms with Crippen LogP contribution in [0.2, 0.25) is 0 Å². The topological polar surface area (TPSA) is 74.8 Å². The minimum atomic E-state index is 0. The van der Waals surface area contributed by atoms with Gasteiger partial charge in [-0.3, -0.25) is 9.79 Å². The predicted molar refractivity (Wildman–Crippen MR) is 131 cm³/mol. The van der Waals surface area contributed by atoms with Crippen molar-refractivity contribution in [2.75, 3.05) is 19.7 Å². The molecule has 0 radical (unpaired) electrons. The molecule has 1 aromatic rings. The molecule has 3 atom stereocenters. The van der Waals surface area contributed by atoms with Crippen molar-refractivity contribution in [1.29, 1.82) is 0 Å². The number of para-hydroxylation sites is 1. The molecule has 2 saturated carbocycles. The largest absolute Gasteiger partial charge is 0.493 e. The number of carbonyl (C=O) groups is 1. The predicted octanol–water partition coefficient (Wildman–Crippen LogP) is 3.56. The van der Waals surface area contributed by atoms with Crippen LogP contribution in [-0.4, -0.2) is 43.6 Å². The number of guanidine groups is 1. The summed E-state index contributed by atoms with van der Waals surface area (Å²) in [5.41, 5.74) is 1.26. The van der Waals surface area contributed by atoms with Gasteiger partial charge in [-0.2, -0.15) is 0 Å². The van der Waals surface area contributed by atoms with E-state index in [9.17, 15) is 4.79 Å². The zero-order valence-corrected chi connectivity index (χ0v) is 20.2. The standard InChI is InChI=1S/C23H34N4O2.HI/c1-2-24-23(25-15-17-12-13-29-21-9-4-3-8-20(17)21)27-19-7-5-6-16(14-19)22(28)26-18-10-11-18;/h3-4,8-9,16-19H,2,5-7,10-15H2,1H3,(H,26,28)(H2,24,25,27);1H. The van der Waals surface area contributed by atoms with Gasteiger partial charge in [-0.25, -0.2) is 0 Å². The molecule has 6 nitrogen and oxygen atoms in total. The fourth-order valence-electron chi connectivity index (χ4n) is 4.43. The molecular formula is C23H35IN4O2. The first-order chi connectivity index (χ1) is 14.2. The minimum Gasteiger partial charge on any atom is -0.493 e. The molecule has 0 bridgehead atoms. The number of hydrogen-bond acceptors (Lipinski definition) is 3. The summed E-state index contributed by atoms with van der Waals surface area (Å²) >= 11 is 0. The highest BCUT2D eigenvalue weighted by atomic mass is 127. The average molecular weight is 526 g/mol. The molecule has 1 aromatic carbocycles. The molecule has 0 spiro atoms. The minimum absolute atomic E-state index is 0. The van der Waals surface area contributed by atoms with E-state index < -0.39 is 0 Å². The van der Waals surface area contributed by atoms with Gasteiger partial charge in [-0.15, -0.1) is 24.0 Å². The lowest BCUT2D eigenvalue weighted by molar-refractivity contribution is -0.126. The maximum absolute atomic E-state index is 12.5. The van der Waals surface area contributed by atoms with Gasteiger partial charge < -0.3 is 20.7 Å². The van der Waals surface area contributed by atoms with E-state index >= 15 is 0 Å². The molecule has 3 aliphatic rings. The normalized spacial score (nSPS) is 25.9. The third-order valence-electron chi connectivity index (χ3n) is 6.21. The van der Waals surface area contributed by atoms with Gasteiger partial charge in [0.15, 0.2) is 5.96 Å². The zero-order valence-electron chi connectivity index (χ0n) is 17.9. The number of benzene rings is 1. The highest BCUT2D eigenvalue weighted by Crippen LogP contribution is 2.33. The smallest absolute Gasteiger partial charge is 0.223 e. The van der Waals surface area contributed by atoms with E-state index in [1.54, 1.807) is 0 Å².